The van der Waals surface area contributed by atoms with Crippen LogP contribution in [0, 0.1) is 6.92 Å². The molecular formula is C19H16Cl2N2O3. The van der Waals surface area contributed by atoms with E-state index in [1.807, 2.05) is 6.92 Å². The summed E-state index contributed by atoms with van der Waals surface area (Å²) in [7, 11) is 1.73. The van der Waals surface area contributed by atoms with Gasteiger partial charge in [0.05, 0.1) is 10.7 Å². The highest BCUT2D eigenvalue weighted by Gasteiger charge is 2.10. The number of carbonyl (C=O) groups excluding carboxylic acids is 1. The van der Waals surface area contributed by atoms with Crippen molar-refractivity contribution in [1.82, 2.24) is 9.78 Å². The number of ether oxygens (including phenoxy) is 1. The van der Waals surface area contributed by atoms with Gasteiger partial charge >= 0.3 is 0 Å². The van der Waals surface area contributed by atoms with Crippen LogP contribution in [-0.4, -0.2) is 15.6 Å². The van der Waals surface area contributed by atoms with E-state index in [4.69, 9.17) is 32.4 Å². The van der Waals surface area contributed by atoms with Gasteiger partial charge in [0.2, 0.25) is 5.78 Å². The first-order valence-electron chi connectivity index (χ1n) is 7.82. The highest BCUT2D eigenvalue weighted by Crippen LogP contribution is 2.32. The zero-order valence-electron chi connectivity index (χ0n) is 14.2. The van der Waals surface area contributed by atoms with Gasteiger partial charge in [-0.3, -0.25) is 9.48 Å². The van der Waals surface area contributed by atoms with Crippen LogP contribution in [0.25, 0.3) is 6.08 Å². The summed E-state index contributed by atoms with van der Waals surface area (Å²) in [6.07, 6.45) is 3.06. The molecule has 7 heteroatoms. The van der Waals surface area contributed by atoms with Crippen molar-refractivity contribution in [3.05, 3.63) is 75.4 Å². The number of allylic oxidation sites excluding steroid dienone is 1. The Labute approximate surface area is 160 Å². The Morgan fingerprint density at radius 1 is 1.31 bits per heavy atom. The highest BCUT2D eigenvalue weighted by atomic mass is 35.5. The summed E-state index contributed by atoms with van der Waals surface area (Å²) in [5.74, 6) is 1.49. The van der Waals surface area contributed by atoms with Crippen LogP contribution in [0.3, 0.4) is 0 Å². The summed E-state index contributed by atoms with van der Waals surface area (Å²) in [5.41, 5.74) is 1.31. The number of nitrogens with zero attached hydrogens (tertiary/aromatic N) is 2. The molecule has 0 bridgehead atoms. The molecule has 0 saturated heterocycles. The predicted octanol–water partition coefficient (Wildman–Crippen LogP) is 5.10. The molecule has 0 amide bonds. The van der Waals surface area contributed by atoms with Crippen LogP contribution in [0.4, 0.5) is 0 Å². The van der Waals surface area contributed by atoms with Gasteiger partial charge in [-0.2, -0.15) is 5.10 Å². The first kappa shape index (κ1) is 18.3. The van der Waals surface area contributed by atoms with Gasteiger partial charge < -0.3 is 9.15 Å². The molecule has 0 radical (unpaired) electrons. The van der Waals surface area contributed by atoms with E-state index in [-0.39, 0.29) is 12.4 Å². The standard InChI is InChI=1S/C19H16Cl2N2O3/c1-12-10-16(23(2)22-12)17(24)9-8-13-6-7-14(26-13)11-25-18-5-3-4-15(20)19(18)21/h3-10H,11H2,1-2H3/b9-8-. The summed E-state index contributed by atoms with van der Waals surface area (Å²) in [6, 6.07) is 10.4. The topological polar surface area (TPSA) is 57.3 Å². The van der Waals surface area contributed by atoms with E-state index in [9.17, 15) is 4.79 Å². The molecular weight excluding hydrogens is 375 g/mol. The van der Waals surface area contributed by atoms with E-state index in [0.29, 0.717) is 33.0 Å². The summed E-state index contributed by atoms with van der Waals surface area (Å²) >= 11 is 12.0. The number of hydrogen-bond acceptors (Lipinski definition) is 4. The smallest absolute Gasteiger partial charge is 0.203 e. The number of aryl methyl sites for hydroxylation is 2. The summed E-state index contributed by atoms with van der Waals surface area (Å²) in [4.78, 5) is 12.2. The molecule has 1 aromatic carbocycles. The number of benzene rings is 1. The third kappa shape index (κ3) is 4.18. The lowest BCUT2D eigenvalue weighted by Gasteiger charge is -2.06. The highest BCUT2D eigenvalue weighted by molar-refractivity contribution is 6.42. The Hall–Kier alpha value is -2.50. The molecule has 26 heavy (non-hydrogen) atoms. The lowest BCUT2D eigenvalue weighted by molar-refractivity contribution is 0.103. The Bertz CT molecular complexity index is 973. The quantitative estimate of drug-likeness (QED) is 0.433. The minimum absolute atomic E-state index is 0.145. The molecule has 2 heterocycles. The Morgan fingerprint density at radius 3 is 2.85 bits per heavy atom. The SMILES string of the molecule is Cc1cc(C(=O)/C=C\c2ccc(COc3cccc(Cl)c3Cl)o2)n(C)n1. The second kappa shape index (κ2) is 7.81. The second-order valence-electron chi connectivity index (χ2n) is 5.64. The number of carbonyl (C=O) groups is 1. The molecule has 0 atom stereocenters. The van der Waals surface area contributed by atoms with Crippen LogP contribution in [0.15, 0.2) is 46.9 Å². The van der Waals surface area contributed by atoms with Gasteiger partial charge in [-0.05, 0) is 49.4 Å². The van der Waals surface area contributed by atoms with Crippen LogP contribution in [0.2, 0.25) is 10.0 Å². The molecule has 0 saturated carbocycles. The van der Waals surface area contributed by atoms with Gasteiger partial charge in [0.1, 0.15) is 34.6 Å². The van der Waals surface area contributed by atoms with Crippen molar-refractivity contribution in [2.75, 3.05) is 0 Å². The van der Waals surface area contributed by atoms with Crippen molar-refractivity contribution in [3.8, 4) is 5.75 Å². The molecule has 0 spiro atoms. The Morgan fingerprint density at radius 2 is 2.12 bits per heavy atom. The summed E-state index contributed by atoms with van der Waals surface area (Å²) in [6.45, 7) is 2.04. The molecule has 0 N–H and O–H groups in total. The normalized spacial score (nSPS) is 11.2. The zero-order chi connectivity index (χ0) is 18.7. The third-order valence-electron chi connectivity index (χ3n) is 3.62. The van der Waals surface area contributed by atoms with Crippen LogP contribution in [-0.2, 0) is 13.7 Å². The number of rotatable bonds is 6. The van der Waals surface area contributed by atoms with Crippen LogP contribution < -0.4 is 4.74 Å². The molecule has 0 aliphatic rings. The first-order valence-corrected chi connectivity index (χ1v) is 8.58. The monoisotopic (exact) mass is 390 g/mol. The van der Waals surface area contributed by atoms with Crippen molar-refractivity contribution in [3.63, 3.8) is 0 Å². The number of furan rings is 1. The van der Waals surface area contributed by atoms with Crippen molar-refractivity contribution < 1.29 is 13.9 Å². The maximum Gasteiger partial charge on any atom is 0.203 e. The van der Waals surface area contributed by atoms with Crippen LogP contribution in [0.5, 0.6) is 5.75 Å². The van der Waals surface area contributed by atoms with Crippen molar-refractivity contribution in [2.24, 2.45) is 7.05 Å². The largest absolute Gasteiger partial charge is 0.484 e. The number of aromatic nitrogens is 2. The fourth-order valence-electron chi connectivity index (χ4n) is 2.39. The molecule has 134 valence electrons. The van der Waals surface area contributed by atoms with E-state index < -0.39 is 0 Å². The maximum absolute atomic E-state index is 12.2. The molecule has 5 nitrogen and oxygen atoms in total. The lowest BCUT2D eigenvalue weighted by atomic mass is 10.2. The van der Waals surface area contributed by atoms with Gasteiger partial charge in [0.15, 0.2) is 0 Å². The van der Waals surface area contributed by atoms with Crippen molar-refractivity contribution >= 4 is 35.1 Å². The second-order valence-corrected chi connectivity index (χ2v) is 6.42. The van der Waals surface area contributed by atoms with Crippen LogP contribution in [0.1, 0.15) is 27.7 Å². The van der Waals surface area contributed by atoms with E-state index in [1.54, 1.807) is 54.2 Å². The van der Waals surface area contributed by atoms with Gasteiger partial charge in [0, 0.05) is 7.05 Å². The minimum Gasteiger partial charge on any atom is -0.484 e. The fourth-order valence-corrected chi connectivity index (χ4v) is 2.74. The molecule has 0 unspecified atom stereocenters. The number of ketones is 1. The zero-order valence-corrected chi connectivity index (χ0v) is 15.7. The van der Waals surface area contributed by atoms with E-state index in [2.05, 4.69) is 5.10 Å². The van der Waals surface area contributed by atoms with E-state index >= 15 is 0 Å². The fraction of sp³-hybridized carbons (Fsp3) is 0.158. The van der Waals surface area contributed by atoms with Gasteiger partial charge in [-0.25, -0.2) is 0 Å². The molecule has 3 rings (SSSR count). The van der Waals surface area contributed by atoms with Crippen molar-refractivity contribution in [2.45, 2.75) is 13.5 Å². The van der Waals surface area contributed by atoms with Gasteiger partial charge in [0.25, 0.3) is 0 Å². The molecule has 3 aromatic rings. The van der Waals surface area contributed by atoms with Crippen LogP contribution >= 0.6 is 23.2 Å². The Balaban J connectivity index is 1.63. The first-order chi connectivity index (χ1) is 12.4. The number of halogens is 2. The average Bonchev–Trinajstić information content (AvgIpc) is 3.20. The lowest BCUT2D eigenvalue weighted by Crippen LogP contribution is -2.03. The minimum atomic E-state index is -0.145. The predicted molar refractivity (Wildman–Crippen MR) is 101 cm³/mol. The Kier molecular flexibility index (Phi) is 5.49. The summed E-state index contributed by atoms with van der Waals surface area (Å²) in [5, 5.41) is 4.95. The molecule has 2 aromatic heterocycles. The van der Waals surface area contributed by atoms with E-state index in [0.717, 1.165) is 5.69 Å². The summed E-state index contributed by atoms with van der Waals surface area (Å²) < 4.78 is 12.8. The van der Waals surface area contributed by atoms with Crippen molar-refractivity contribution in [1.29, 1.82) is 0 Å². The maximum atomic E-state index is 12.2. The van der Waals surface area contributed by atoms with Gasteiger partial charge in [-0.15, -0.1) is 0 Å². The third-order valence-corrected chi connectivity index (χ3v) is 4.42. The molecule has 0 fully saturated rings. The van der Waals surface area contributed by atoms with Gasteiger partial charge in [-0.1, -0.05) is 29.3 Å². The molecule has 0 aliphatic heterocycles. The average molecular weight is 391 g/mol. The molecule has 0 aliphatic carbocycles. The number of hydrogen-bond donors (Lipinski definition) is 0. The van der Waals surface area contributed by atoms with E-state index in [1.165, 1.54) is 6.08 Å².